The lowest BCUT2D eigenvalue weighted by Gasteiger charge is -2.10. The normalized spacial score (nSPS) is 14.8. The largest absolute Gasteiger partial charge is 0.480 e. The van der Waals surface area contributed by atoms with Crippen LogP contribution in [0, 0.1) is 0 Å². The van der Waals surface area contributed by atoms with Crippen LogP contribution in [0.4, 0.5) is 13.2 Å². The molecule has 0 heterocycles. The van der Waals surface area contributed by atoms with Crippen LogP contribution in [0.25, 0.3) is 0 Å². The molecule has 16 heavy (non-hydrogen) atoms. The van der Waals surface area contributed by atoms with E-state index in [0.29, 0.717) is 0 Å². The van der Waals surface area contributed by atoms with E-state index in [1.165, 1.54) is 0 Å². The number of aliphatic carboxylic acids is 1. The summed E-state index contributed by atoms with van der Waals surface area (Å²) >= 11 is 0. The number of hydrogen-bond donors (Lipinski definition) is 2. The predicted molar refractivity (Wildman–Crippen MR) is 49.3 cm³/mol. The first-order valence-corrected chi connectivity index (χ1v) is 5.89. The van der Waals surface area contributed by atoms with E-state index in [1.807, 2.05) is 0 Å². The van der Waals surface area contributed by atoms with Crippen molar-refractivity contribution >= 4 is 16.0 Å². The number of sulfonamides is 1. The molecule has 0 aliphatic rings. The van der Waals surface area contributed by atoms with Crippen molar-refractivity contribution in [3.8, 4) is 0 Å². The number of carbonyl (C=O) groups is 1. The predicted octanol–water partition coefficient (Wildman–Crippen LogP) is 0.721. The molecule has 0 saturated carbocycles. The molecule has 2 N–H and O–H groups in total. The average Bonchev–Trinajstić information content (AvgIpc) is 2.09. The SMILES string of the molecule is CC(C(=O)O)S(=O)(=O)NCCCC(F)(F)F. The van der Waals surface area contributed by atoms with Gasteiger partial charge in [-0.1, -0.05) is 0 Å². The van der Waals surface area contributed by atoms with Crippen LogP contribution in [-0.4, -0.2) is 37.5 Å². The van der Waals surface area contributed by atoms with Gasteiger partial charge < -0.3 is 5.11 Å². The van der Waals surface area contributed by atoms with Crippen molar-refractivity contribution in [2.24, 2.45) is 0 Å². The van der Waals surface area contributed by atoms with Crippen LogP contribution in [0.3, 0.4) is 0 Å². The molecule has 0 rings (SSSR count). The molecule has 0 radical (unpaired) electrons. The van der Waals surface area contributed by atoms with Crippen LogP contribution < -0.4 is 4.72 Å². The van der Waals surface area contributed by atoms with Gasteiger partial charge in [-0.3, -0.25) is 4.79 Å². The first kappa shape index (κ1) is 15.2. The molecule has 0 bridgehead atoms. The van der Waals surface area contributed by atoms with Crippen LogP contribution in [0.5, 0.6) is 0 Å². The standard InChI is InChI=1S/C7H12F3NO4S/c1-5(6(12)13)16(14,15)11-4-2-3-7(8,9)10/h5,11H,2-4H2,1H3,(H,12,13). The molecular weight excluding hydrogens is 251 g/mol. The Morgan fingerprint density at radius 2 is 1.94 bits per heavy atom. The summed E-state index contributed by atoms with van der Waals surface area (Å²) in [5, 5.41) is 6.72. The van der Waals surface area contributed by atoms with Gasteiger partial charge in [-0.05, 0) is 13.3 Å². The quantitative estimate of drug-likeness (QED) is 0.692. The highest BCUT2D eigenvalue weighted by atomic mass is 32.2. The van der Waals surface area contributed by atoms with Gasteiger partial charge >= 0.3 is 12.1 Å². The fourth-order valence-electron chi connectivity index (χ4n) is 0.761. The van der Waals surface area contributed by atoms with Crippen molar-refractivity contribution in [2.75, 3.05) is 6.54 Å². The van der Waals surface area contributed by atoms with E-state index in [1.54, 1.807) is 4.72 Å². The summed E-state index contributed by atoms with van der Waals surface area (Å²) in [6.07, 6.45) is -5.88. The van der Waals surface area contributed by atoms with E-state index < -0.39 is 46.8 Å². The maximum atomic E-state index is 11.7. The number of rotatable bonds is 6. The van der Waals surface area contributed by atoms with Crippen molar-refractivity contribution in [2.45, 2.75) is 31.2 Å². The first-order valence-electron chi connectivity index (χ1n) is 4.34. The van der Waals surface area contributed by atoms with Crippen molar-refractivity contribution in [1.82, 2.24) is 4.72 Å². The van der Waals surface area contributed by atoms with Crippen LogP contribution in [0.1, 0.15) is 19.8 Å². The molecule has 0 aromatic heterocycles. The molecule has 1 unspecified atom stereocenters. The minimum atomic E-state index is -4.34. The second kappa shape index (κ2) is 5.48. The molecule has 0 aliphatic carbocycles. The topological polar surface area (TPSA) is 83.5 Å². The number of carboxylic acid groups (broad SMARTS) is 1. The van der Waals surface area contributed by atoms with Crippen LogP contribution >= 0.6 is 0 Å². The summed E-state index contributed by atoms with van der Waals surface area (Å²) in [5.74, 6) is -1.55. The minimum Gasteiger partial charge on any atom is -0.480 e. The van der Waals surface area contributed by atoms with Crippen molar-refractivity contribution < 1.29 is 31.5 Å². The van der Waals surface area contributed by atoms with Gasteiger partial charge in [0.25, 0.3) is 0 Å². The number of halogens is 3. The van der Waals surface area contributed by atoms with Gasteiger partial charge in [0.1, 0.15) is 0 Å². The fourth-order valence-corrected chi connectivity index (χ4v) is 1.71. The zero-order chi connectivity index (χ0) is 13.0. The average molecular weight is 263 g/mol. The van der Waals surface area contributed by atoms with Gasteiger partial charge in [0, 0.05) is 13.0 Å². The Morgan fingerprint density at radius 3 is 2.31 bits per heavy atom. The second-order valence-corrected chi connectivity index (χ2v) is 5.22. The Bertz CT molecular complexity index is 338. The lowest BCUT2D eigenvalue weighted by atomic mass is 10.3. The molecule has 9 heteroatoms. The fraction of sp³-hybridized carbons (Fsp3) is 0.857. The summed E-state index contributed by atoms with van der Waals surface area (Å²) in [6, 6.07) is 0. The van der Waals surface area contributed by atoms with E-state index >= 15 is 0 Å². The highest BCUT2D eigenvalue weighted by molar-refractivity contribution is 7.90. The van der Waals surface area contributed by atoms with Gasteiger partial charge in [-0.15, -0.1) is 0 Å². The number of hydrogen-bond acceptors (Lipinski definition) is 3. The summed E-state index contributed by atoms with van der Waals surface area (Å²) in [4.78, 5) is 10.3. The van der Waals surface area contributed by atoms with E-state index in [9.17, 15) is 26.4 Å². The highest BCUT2D eigenvalue weighted by Gasteiger charge is 2.29. The monoisotopic (exact) mass is 263 g/mol. The van der Waals surface area contributed by atoms with E-state index in [-0.39, 0.29) is 0 Å². The van der Waals surface area contributed by atoms with Gasteiger partial charge in [0.05, 0.1) is 0 Å². The molecule has 0 amide bonds. The van der Waals surface area contributed by atoms with E-state index in [2.05, 4.69) is 0 Å². The lowest BCUT2D eigenvalue weighted by molar-refractivity contribution is -0.137. The Hall–Kier alpha value is -0.830. The zero-order valence-electron chi connectivity index (χ0n) is 8.41. The molecular formula is C7H12F3NO4S. The van der Waals surface area contributed by atoms with Crippen molar-refractivity contribution in [3.63, 3.8) is 0 Å². The second-order valence-electron chi connectivity index (χ2n) is 3.14. The molecule has 0 spiro atoms. The summed E-state index contributed by atoms with van der Waals surface area (Å²) in [7, 11) is -4.09. The maximum absolute atomic E-state index is 11.7. The third-order valence-electron chi connectivity index (χ3n) is 1.75. The van der Waals surface area contributed by atoms with Crippen molar-refractivity contribution in [3.05, 3.63) is 0 Å². The third-order valence-corrected chi connectivity index (χ3v) is 3.49. The van der Waals surface area contributed by atoms with Crippen LogP contribution in [0.15, 0.2) is 0 Å². The molecule has 96 valence electrons. The van der Waals surface area contributed by atoms with Crippen molar-refractivity contribution in [1.29, 1.82) is 0 Å². The smallest absolute Gasteiger partial charge is 0.389 e. The highest BCUT2D eigenvalue weighted by Crippen LogP contribution is 2.20. The van der Waals surface area contributed by atoms with Crippen LogP contribution in [-0.2, 0) is 14.8 Å². The molecule has 5 nitrogen and oxygen atoms in total. The Morgan fingerprint density at radius 1 is 1.44 bits per heavy atom. The number of carboxylic acids is 1. The molecule has 0 aromatic carbocycles. The van der Waals surface area contributed by atoms with E-state index in [0.717, 1.165) is 6.92 Å². The Kier molecular flexibility index (Phi) is 5.20. The summed E-state index contributed by atoms with van der Waals surface area (Å²) in [5.41, 5.74) is 0. The number of alkyl halides is 3. The van der Waals surface area contributed by atoms with Gasteiger partial charge in [-0.25, -0.2) is 13.1 Å². The molecule has 0 aromatic rings. The van der Waals surface area contributed by atoms with Gasteiger partial charge in [0.2, 0.25) is 10.0 Å². The molecule has 1 atom stereocenters. The van der Waals surface area contributed by atoms with E-state index in [4.69, 9.17) is 5.11 Å². The lowest BCUT2D eigenvalue weighted by Crippen LogP contribution is -2.38. The van der Waals surface area contributed by atoms with Gasteiger partial charge in [0.15, 0.2) is 5.25 Å². The molecule has 0 saturated heterocycles. The van der Waals surface area contributed by atoms with Gasteiger partial charge in [-0.2, -0.15) is 13.2 Å². The summed E-state index contributed by atoms with van der Waals surface area (Å²) < 4.78 is 59.1. The minimum absolute atomic E-state index is 0.422. The molecule has 0 aliphatic heterocycles. The first-order chi connectivity index (χ1) is 7.06. The number of nitrogens with one attached hydrogen (secondary N) is 1. The maximum Gasteiger partial charge on any atom is 0.389 e. The molecule has 0 fully saturated rings. The Balaban J connectivity index is 4.07. The van der Waals surface area contributed by atoms with Crippen LogP contribution in [0.2, 0.25) is 0 Å². The Labute approximate surface area is 90.7 Å². The third kappa shape index (κ3) is 5.91. The summed E-state index contributed by atoms with van der Waals surface area (Å²) in [6.45, 7) is 0.508. The zero-order valence-corrected chi connectivity index (χ0v) is 9.23.